The highest BCUT2D eigenvalue weighted by atomic mass is 32.2. The van der Waals surface area contributed by atoms with Crippen LogP contribution in [0, 0.1) is 6.92 Å². The molecule has 1 amide bonds. The third kappa shape index (κ3) is 3.68. The van der Waals surface area contributed by atoms with Crippen LogP contribution >= 0.6 is 0 Å². The van der Waals surface area contributed by atoms with Crippen molar-refractivity contribution in [3.63, 3.8) is 0 Å². The van der Waals surface area contributed by atoms with E-state index in [1.165, 1.54) is 27.2 Å². The van der Waals surface area contributed by atoms with Gasteiger partial charge in [0.15, 0.2) is 6.61 Å². The van der Waals surface area contributed by atoms with Crippen LogP contribution < -0.4 is 10.1 Å². The summed E-state index contributed by atoms with van der Waals surface area (Å²) in [7, 11) is 0.766. The number of sulfonamides is 1. The smallest absolute Gasteiger partial charge is 0.257 e. The quantitative estimate of drug-likeness (QED) is 0.848. The maximum absolute atomic E-state index is 12.2. The van der Waals surface area contributed by atoms with Crippen molar-refractivity contribution in [2.45, 2.75) is 11.8 Å². The fourth-order valence-corrected chi connectivity index (χ4v) is 2.46. The van der Waals surface area contributed by atoms with Gasteiger partial charge in [-0.05, 0) is 24.6 Å². The number of aryl methyl sites for hydroxylation is 1. The summed E-state index contributed by atoms with van der Waals surface area (Å²) in [4.78, 5) is 11.2. The molecule has 0 fully saturated rings. The lowest BCUT2D eigenvalue weighted by Gasteiger charge is -2.16. The maximum atomic E-state index is 12.2. The molecule has 0 heterocycles. The number of carbonyl (C=O) groups excluding carboxylic acids is 1. The zero-order chi connectivity index (χ0) is 14.6. The van der Waals surface area contributed by atoms with Gasteiger partial charge in [-0.2, -0.15) is 0 Å². The number of nitrogens with one attached hydrogen (secondary N) is 1. The molecule has 0 aromatic heterocycles. The van der Waals surface area contributed by atoms with Gasteiger partial charge in [0.05, 0.1) is 0 Å². The first-order valence-electron chi connectivity index (χ1n) is 5.65. The Bertz CT molecular complexity index is 567. The van der Waals surface area contributed by atoms with Crippen molar-refractivity contribution in [3.8, 4) is 5.75 Å². The second-order valence-electron chi connectivity index (χ2n) is 4.20. The van der Waals surface area contributed by atoms with Crippen LogP contribution in [-0.2, 0) is 14.8 Å². The highest BCUT2D eigenvalue weighted by molar-refractivity contribution is 7.89. The molecule has 7 heteroatoms. The van der Waals surface area contributed by atoms with Crippen molar-refractivity contribution in [2.24, 2.45) is 0 Å². The zero-order valence-corrected chi connectivity index (χ0v) is 12.2. The fraction of sp³-hybridized carbons (Fsp3) is 0.417. The minimum absolute atomic E-state index is 0.0569. The lowest BCUT2D eigenvalue weighted by Crippen LogP contribution is -2.26. The number of rotatable bonds is 5. The molecule has 1 aromatic carbocycles. The SMILES string of the molecule is CNC(=O)COc1ccc(C)cc1S(=O)(=O)N(C)C. The summed E-state index contributed by atoms with van der Waals surface area (Å²) >= 11 is 0. The summed E-state index contributed by atoms with van der Waals surface area (Å²) in [6, 6.07) is 4.80. The summed E-state index contributed by atoms with van der Waals surface area (Å²) in [5, 5.41) is 2.40. The van der Waals surface area contributed by atoms with Gasteiger partial charge in [-0.3, -0.25) is 4.79 Å². The number of amides is 1. The third-order valence-corrected chi connectivity index (χ3v) is 4.33. The van der Waals surface area contributed by atoms with E-state index in [2.05, 4.69) is 5.32 Å². The number of likely N-dealkylation sites (N-methyl/N-ethyl adjacent to an activating group) is 1. The number of hydrogen-bond donors (Lipinski definition) is 1. The van der Waals surface area contributed by atoms with Gasteiger partial charge in [-0.1, -0.05) is 6.07 Å². The molecule has 0 unspecified atom stereocenters. The van der Waals surface area contributed by atoms with Crippen molar-refractivity contribution in [1.82, 2.24) is 9.62 Å². The van der Waals surface area contributed by atoms with Gasteiger partial charge in [0, 0.05) is 21.1 Å². The molecule has 0 aliphatic heterocycles. The van der Waals surface area contributed by atoms with Gasteiger partial charge in [0.1, 0.15) is 10.6 Å². The van der Waals surface area contributed by atoms with Gasteiger partial charge in [-0.15, -0.1) is 0 Å². The van der Waals surface area contributed by atoms with Crippen LogP contribution in [0.3, 0.4) is 0 Å². The van der Waals surface area contributed by atoms with Crippen molar-refractivity contribution < 1.29 is 17.9 Å². The largest absolute Gasteiger partial charge is 0.482 e. The predicted octanol–water partition coefficient (Wildman–Crippen LogP) is 0.370. The van der Waals surface area contributed by atoms with Crippen LogP contribution in [0.5, 0.6) is 5.75 Å². The van der Waals surface area contributed by atoms with Crippen molar-refractivity contribution >= 4 is 15.9 Å². The average molecular weight is 286 g/mol. The topological polar surface area (TPSA) is 75.7 Å². The van der Waals surface area contributed by atoms with Crippen LogP contribution in [0.4, 0.5) is 0 Å². The van der Waals surface area contributed by atoms with Gasteiger partial charge in [-0.25, -0.2) is 12.7 Å². The van der Waals surface area contributed by atoms with E-state index in [1.807, 2.05) is 0 Å². The van der Waals surface area contributed by atoms with E-state index in [-0.39, 0.29) is 23.2 Å². The maximum Gasteiger partial charge on any atom is 0.257 e. The second kappa shape index (κ2) is 6.03. The summed E-state index contributed by atoms with van der Waals surface area (Å²) in [5.74, 6) is -0.156. The Morgan fingerprint density at radius 1 is 1.37 bits per heavy atom. The van der Waals surface area contributed by atoms with Crippen LogP contribution in [0.2, 0.25) is 0 Å². The van der Waals surface area contributed by atoms with Crippen molar-refractivity contribution in [3.05, 3.63) is 23.8 Å². The van der Waals surface area contributed by atoms with E-state index in [0.29, 0.717) is 0 Å². The van der Waals surface area contributed by atoms with E-state index < -0.39 is 10.0 Å². The molecular formula is C12H18N2O4S. The first-order chi connectivity index (χ1) is 8.78. The molecule has 0 saturated heterocycles. The molecule has 0 atom stereocenters. The molecule has 1 rings (SSSR count). The Balaban J connectivity index is 3.16. The van der Waals surface area contributed by atoms with E-state index >= 15 is 0 Å². The van der Waals surface area contributed by atoms with Gasteiger partial charge in [0.25, 0.3) is 5.91 Å². The Morgan fingerprint density at radius 2 is 2.00 bits per heavy atom. The lowest BCUT2D eigenvalue weighted by molar-refractivity contribution is -0.122. The number of hydrogen-bond acceptors (Lipinski definition) is 4. The van der Waals surface area contributed by atoms with Gasteiger partial charge < -0.3 is 10.1 Å². The summed E-state index contributed by atoms with van der Waals surface area (Å²) < 4.78 is 30.7. The van der Waals surface area contributed by atoms with Gasteiger partial charge in [0.2, 0.25) is 10.0 Å². The molecule has 0 aliphatic carbocycles. The average Bonchev–Trinajstić information content (AvgIpc) is 2.36. The predicted molar refractivity (Wildman–Crippen MR) is 71.6 cm³/mol. The highest BCUT2D eigenvalue weighted by Crippen LogP contribution is 2.26. The third-order valence-electron chi connectivity index (χ3n) is 2.50. The number of ether oxygens (including phenoxy) is 1. The molecule has 0 spiro atoms. The van der Waals surface area contributed by atoms with E-state index in [0.717, 1.165) is 9.87 Å². The molecular weight excluding hydrogens is 268 g/mol. The Labute approximate surface area is 113 Å². The van der Waals surface area contributed by atoms with E-state index in [4.69, 9.17) is 4.74 Å². The van der Waals surface area contributed by atoms with Crippen LogP contribution in [0.1, 0.15) is 5.56 Å². The molecule has 19 heavy (non-hydrogen) atoms. The molecule has 0 aliphatic rings. The minimum atomic E-state index is -3.61. The van der Waals surface area contributed by atoms with Crippen LogP contribution in [0.25, 0.3) is 0 Å². The Hall–Kier alpha value is -1.60. The summed E-state index contributed by atoms with van der Waals surface area (Å²) in [5.41, 5.74) is 0.799. The summed E-state index contributed by atoms with van der Waals surface area (Å²) in [6.45, 7) is 1.56. The Kier molecular flexibility index (Phi) is 4.90. The second-order valence-corrected chi connectivity index (χ2v) is 6.32. The highest BCUT2D eigenvalue weighted by Gasteiger charge is 2.22. The zero-order valence-electron chi connectivity index (χ0n) is 11.4. The van der Waals surface area contributed by atoms with Crippen LogP contribution in [-0.4, -0.2) is 46.4 Å². The number of nitrogens with zero attached hydrogens (tertiary/aromatic N) is 1. The molecule has 1 N–H and O–H groups in total. The first kappa shape index (κ1) is 15.5. The molecule has 6 nitrogen and oxygen atoms in total. The van der Waals surface area contributed by atoms with Crippen molar-refractivity contribution in [2.75, 3.05) is 27.7 Å². The van der Waals surface area contributed by atoms with Gasteiger partial charge >= 0.3 is 0 Å². The van der Waals surface area contributed by atoms with E-state index in [9.17, 15) is 13.2 Å². The molecule has 1 aromatic rings. The Morgan fingerprint density at radius 3 is 2.53 bits per heavy atom. The molecule has 0 bridgehead atoms. The van der Waals surface area contributed by atoms with Crippen molar-refractivity contribution in [1.29, 1.82) is 0 Å². The normalized spacial score (nSPS) is 11.4. The monoisotopic (exact) mass is 286 g/mol. The molecule has 0 saturated carbocycles. The first-order valence-corrected chi connectivity index (χ1v) is 7.09. The summed E-state index contributed by atoms with van der Waals surface area (Å²) in [6.07, 6.45) is 0. The number of carbonyl (C=O) groups is 1. The molecule has 0 radical (unpaired) electrons. The fourth-order valence-electron chi connectivity index (χ4n) is 1.35. The molecule has 106 valence electrons. The lowest BCUT2D eigenvalue weighted by atomic mass is 10.2. The van der Waals surface area contributed by atoms with Crippen LogP contribution in [0.15, 0.2) is 23.1 Å². The standard InChI is InChI=1S/C12H18N2O4S/c1-9-5-6-10(18-8-12(15)13-2)11(7-9)19(16,17)14(3)4/h5-7H,8H2,1-4H3,(H,13,15). The van der Waals surface area contributed by atoms with E-state index in [1.54, 1.807) is 19.1 Å². The number of benzene rings is 1. The minimum Gasteiger partial charge on any atom is -0.482 e.